The van der Waals surface area contributed by atoms with E-state index in [0.29, 0.717) is 23.6 Å². The molecule has 7 nitrogen and oxygen atoms in total. The number of ether oxygens (including phenoxy) is 1. The SMILES string of the molecule is CS(=O)c1nncn1-c1nccc(OCc2ccccc2)n1. The summed E-state index contributed by atoms with van der Waals surface area (Å²) in [6, 6.07) is 11.5. The van der Waals surface area contributed by atoms with Gasteiger partial charge in [0, 0.05) is 18.5 Å². The van der Waals surface area contributed by atoms with Crippen LogP contribution in [0.15, 0.2) is 54.1 Å². The smallest absolute Gasteiger partial charge is 0.240 e. The number of hydrogen-bond donors (Lipinski definition) is 0. The maximum atomic E-state index is 11.6. The first-order valence-electron chi connectivity index (χ1n) is 6.47. The molecule has 112 valence electrons. The molecule has 0 aliphatic carbocycles. The lowest BCUT2D eigenvalue weighted by atomic mass is 10.2. The van der Waals surface area contributed by atoms with E-state index in [4.69, 9.17) is 4.74 Å². The molecule has 0 saturated carbocycles. The van der Waals surface area contributed by atoms with Crippen LogP contribution in [0.3, 0.4) is 0 Å². The van der Waals surface area contributed by atoms with Crippen molar-refractivity contribution in [3.63, 3.8) is 0 Å². The van der Waals surface area contributed by atoms with Crippen LogP contribution >= 0.6 is 0 Å². The van der Waals surface area contributed by atoms with Crippen LogP contribution in [-0.4, -0.2) is 35.2 Å². The molecule has 0 saturated heterocycles. The largest absolute Gasteiger partial charge is 0.473 e. The fourth-order valence-electron chi connectivity index (χ4n) is 1.82. The Morgan fingerprint density at radius 2 is 2.05 bits per heavy atom. The average Bonchev–Trinajstić information content (AvgIpc) is 3.04. The second-order valence-corrected chi connectivity index (χ2v) is 5.68. The molecule has 0 radical (unpaired) electrons. The van der Waals surface area contributed by atoms with Gasteiger partial charge in [0.2, 0.25) is 17.0 Å². The molecule has 22 heavy (non-hydrogen) atoms. The zero-order chi connectivity index (χ0) is 15.4. The second-order valence-electron chi connectivity index (χ2n) is 4.41. The van der Waals surface area contributed by atoms with Crippen LogP contribution in [-0.2, 0) is 17.4 Å². The Morgan fingerprint density at radius 3 is 2.82 bits per heavy atom. The molecule has 0 bridgehead atoms. The fraction of sp³-hybridized carbons (Fsp3) is 0.143. The van der Waals surface area contributed by atoms with Gasteiger partial charge < -0.3 is 4.74 Å². The molecule has 0 amide bonds. The molecule has 0 fully saturated rings. The van der Waals surface area contributed by atoms with Crippen LogP contribution in [0.2, 0.25) is 0 Å². The number of nitrogens with zero attached hydrogens (tertiary/aromatic N) is 5. The minimum absolute atomic E-state index is 0.292. The summed E-state index contributed by atoms with van der Waals surface area (Å²) in [5, 5.41) is 7.84. The highest BCUT2D eigenvalue weighted by Crippen LogP contribution is 2.13. The maximum Gasteiger partial charge on any atom is 0.240 e. The summed E-state index contributed by atoms with van der Waals surface area (Å²) in [6.45, 7) is 0.409. The maximum absolute atomic E-state index is 11.6. The van der Waals surface area contributed by atoms with E-state index in [-0.39, 0.29) is 0 Å². The van der Waals surface area contributed by atoms with Crippen LogP contribution in [0.4, 0.5) is 0 Å². The molecule has 1 aromatic carbocycles. The summed E-state index contributed by atoms with van der Waals surface area (Å²) in [6.07, 6.45) is 4.52. The van der Waals surface area contributed by atoms with E-state index in [2.05, 4.69) is 20.2 Å². The van der Waals surface area contributed by atoms with Crippen molar-refractivity contribution in [3.8, 4) is 11.8 Å². The Morgan fingerprint density at radius 1 is 1.23 bits per heavy atom. The van der Waals surface area contributed by atoms with Crippen molar-refractivity contribution in [2.45, 2.75) is 11.8 Å². The minimum Gasteiger partial charge on any atom is -0.473 e. The molecule has 0 spiro atoms. The Labute approximate surface area is 129 Å². The summed E-state index contributed by atoms with van der Waals surface area (Å²) in [4.78, 5) is 8.43. The molecule has 3 rings (SSSR count). The Bertz CT molecular complexity index is 791. The van der Waals surface area contributed by atoms with E-state index in [1.54, 1.807) is 12.3 Å². The van der Waals surface area contributed by atoms with E-state index in [0.717, 1.165) is 5.56 Å². The van der Waals surface area contributed by atoms with Crippen molar-refractivity contribution in [1.82, 2.24) is 24.7 Å². The molecule has 8 heteroatoms. The van der Waals surface area contributed by atoms with Crippen molar-refractivity contribution >= 4 is 10.8 Å². The third kappa shape index (κ3) is 3.17. The van der Waals surface area contributed by atoms with E-state index in [9.17, 15) is 4.21 Å². The van der Waals surface area contributed by atoms with Crippen LogP contribution in [0.1, 0.15) is 5.56 Å². The van der Waals surface area contributed by atoms with Gasteiger partial charge in [0.15, 0.2) is 0 Å². The molecule has 1 atom stereocenters. The van der Waals surface area contributed by atoms with Crippen molar-refractivity contribution in [2.75, 3.05) is 6.26 Å². The minimum atomic E-state index is -1.28. The first kappa shape index (κ1) is 14.3. The summed E-state index contributed by atoms with van der Waals surface area (Å²) < 4.78 is 18.7. The van der Waals surface area contributed by atoms with Gasteiger partial charge >= 0.3 is 0 Å². The Balaban J connectivity index is 1.81. The van der Waals surface area contributed by atoms with E-state index in [1.165, 1.54) is 17.2 Å². The monoisotopic (exact) mass is 315 g/mol. The summed E-state index contributed by atoms with van der Waals surface area (Å²) in [7, 11) is -1.28. The van der Waals surface area contributed by atoms with Gasteiger partial charge in [-0.25, -0.2) is 9.55 Å². The van der Waals surface area contributed by atoms with Crippen molar-refractivity contribution in [3.05, 3.63) is 54.5 Å². The van der Waals surface area contributed by atoms with Crippen LogP contribution < -0.4 is 4.74 Å². The van der Waals surface area contributed by atoms with Gasteiger partial charge in [-0.3, -0.25) is 4.21 Å². The van der Waals surface area contributed by atoms with Crippen molar-refractivity contribution in [1.29, 1.82) is 0 Å². The molecule has 2 aromatic heterocycles. The zero-order valence-corrected chi connectivity index (χ0v) is 12.6. The third-order valence-corrected chi connectivity index (χ3v) is 3.63. The van der Waals surface area contributed by atoms with Gasteiger partial charge in [0.05, 0.1) is 10.8 Å². The van der Waals surface area contributed by atoms with E-state index in [1.807, 2.05) is 30.3 Å². The first-order chi connectivity index (χ1) is 10.7. The zero-order valence-electron chi connectivity index (χ0n) is 11.8. The van der Waals surface area contributed by atoms with Crippen LogP contribution in [0.5, 0.6) is 5.88 Å². The van der Waals surface area contributed by atoms with Gasteiger partial charge in [0.1, 0.15) is 12.9 Å². The predicted octanol–water partition coefficient (Wildman–Crippen LogP) is 1.37. The van der Waals surface area contributed by atoms with Gasteiger partial charge in [-0.1, -0.05) is 30.3 Å². The molecule has 0 aliphatic heterocycles. The summed E-state index contributed by atoms with van der Waals surface area (Å²) >= 11 is 0. The lowest BCUT2D eigenvalue weighted by molar-refractivity contribution is 0.293. The van der Waals surface area contributed by atoms with Crippen molar-refractivity contribution in [2.24, 2.45) is 0 Å². The van der Waals surface area contributed by atoms with Gasteiger partial charge in [-0.2, -0.15) is 4.98 Å². The third-order valence-electron chi connectivity index (χ3n) is 2.84. The molecular weight excluding hydrogens is 302 g/mol. The standard InChI is InChI=1S/C14H13N5O2S/c1-22(20)14-18-16-10-19(14)13-15-8-7-12(17-13)21-9-11-5-3-2-4-6-11/h2-8,10H,9H2,1H3. The van der Waals surface area contributed by atoms with Gasteiger partial charge in [0.25, 0.3) is 0 Å². The molecule has 1 unspecified atom stereocenters. The molecule has 0 aliphatic rings. The number of rotatable bonds is 5. The van der Waals surface area contributed by atoms with Gasteiger partial charge in [-0.15, -0.1) is 10.2 Å². The number of benzene rings is 1. The Kier molecular flexibility index (Phi) is 4.19. The van der Waals surface area contributed by atoms with E-state index < -0.39 is 10.8 Å². The highest BCUT2D eigenvalue weighted by atomic mass is 32.2. The molecular formula is C14H13N5O2S. The molecule has 0 N–H and O–H groups in total. The first-order valence-corrected chi connectivity index (χ1v) is 8.03. The number of aromatic nitrogens is 5. The highest BCUT2D eigenvalue weighted by Gasteiger charge is 2.12. The van der Waals surface area contributed by atoms with E-state index >= 15 is 0 Å². The lowest BCUT2D eigenvalue weighted by Gasteiger charge is -2.07. The number of hydrogen-bond acceptors (Lipinski definition) is 6. The fourth-order valence-corrected chi connectivity index (χ4v) is 2.39. The normalized spacial score (nSPS) is 12.0. The van der Waals surface area contributed by atoms with Crippen LogP contribution in [0.25, 0.3) is 5.95 Å². The predicted molar refractivity (Wildman–Crippen MR) is 80.1 cm³/mol. The summed E-state index contributed by atoms with van der Waals surface area (Å²) in [5.74, 6) is 0.746. The van der Waals surface area contributed by atoms with Crippen molar-refractivity contribution < 1.29 is 8.95 Å². The average molecular weight is 315 g/mol. The topological polar surface area (TPSA) is 82.8 Å². The molecule has 3 aromatic rings. The van der Waals surface area contributed by atoms with Gasteiger partial charge in [-0.05, 0) is 5.56 Å². The van der Waals surface area contributed by atoms with Crippen LogP contribution in [0, 0.1) is 0 Å². The summed E-state index contributed by atoms with van der Waals surface area (Å²) in [5.41, 5.74) is 1.04. The second kappa shape index (κ2) is 6.44. The molecule has 2 heterocycles. The highest BCUT2D eigenvalue weighted by molar-refractivity contribution is 7.84. The quantitative estimate of drug-likeness (QED) is 0.707. The Hall–Kier alpha value is -2.61. The lowest BCUT2D eigenvalue weighted by Crippen LogP contribution is -2.07.